The van der Waals surface area contributed by atoms with Gasteiger partial charge in [-0.3, -0.25) is 4.79 Å². The van der Waals surface area contributed by atoms with E-state index in [1.807, 2.05) is 31.2 Å². The molecule has 0 aliphatic rings. The summed E-state index contributed by atoms with van der Waals surface area (Å²) in [5, 5.41) is 0.760. The van der Waals surface area contributed by atoms with Crippen LogP contribution in [0.4, 0.5) is 0 Å². The minimum Gasteiger partial charge on any atom is -0.493 e. The van der Waals surface area contributed by atoms with Gasteiger partial charge in [-0.05, 0) is 61.2 Å². The van der Waals surface area contributed by atoms with Gasteiger partial charge in [0.1, 0.15) is 11.5 Å². The van der Waals surface area contributed by atoms with E-state index in [0.29, 0.717) is 12.4 Å². The van der Waals surface area contributed by atoms with Crippen molar-refractivity contribution in [2.24, 2.45) is 0 Å². The molecule has 2 aromatic rings. The molecule has 0 spiro atoms. The third-order valence-corrected chi connectivity index (χ3v) is 3.40. The van der Waals surface area contributed by atoms with Crippen LogP contribution in [0.2, 0.25) is 5.02 Å². The Morgan fingerprint density at radius 3 is 2.68 bits per heavy atom. The maximum Gasteiger partial charge on any atom is 0.308 e. The molecule has 0 heterocycles. The highest BCUT2D eigenvalue weighted by molar-refractivity contribution is 6.30. The molecular weight excluding hydrogens is 300 g/mol. The molecule has 0 aliphatic heterocycles. The molecule has 2 rings (SSSR count). The van der Waals surface area contributed by atoms with E-state index < -0.39 is 0 Å². The molecule has 0 unspecified atom stereocenters. The number of hydrogen-bond donors (Lipinski definition) is 0. The van der Waals surface area contributed by atoms with Gasteiger partial charge in [-0.15, -0.1) is 0 Å². The monoisotopic (exact) mass is 318 g/mol. The summed E-state index contributed by atoms with van der Waals surface area (Å²) in [5.41, 5.74) is 2.15. The number of aryl methyl sites for hydroxylation is 2. The van der Waals surface area contributed by atoms with E-state index in [4.69, 9.17) is 21.1 Å². The molecule has 22 heavy (non-hydrogen) atoms. The van der Waals surface area contributed by atoms with Crippen LogP contribution in [0.1, 0.15) is 24.5 Å². The SMILES string of the molecule is CC(=O)Oc1ccc(OCCCc2cccc(Cl)c2)c(C)c1. The first-order valence-electron chi connectivity index (χ1n) is 7.21. The second-order valence-electron chi connectivity index (χ2n) is 5.10. The standard InChI is InChI=1S/C18H19ClO3/c1-13-11-17(22-14(2)20)8-9-18(13)21-10-4-6-15-5-3-7-16(19)12-15/h3,5,7-9,11-12H,4,6,10H2,1-2H3. The largest absolute Gasteiger partial charge is 0.493 e. The summed E-state index contributed by atoms with van der Waals surface area (Å²) in [6, 6.07) is 13.2. The fourth-order valence-corrected chi connectivity index (χ4v) is 2.38. The second kappa shape index (κ2) is 7.85. The maximum atomic E-state index is 10.9. The van der Waals surface area contributed by atoms with E-state index in [9.17, 15) is 4.79 Å². The molecule has 0 fully saturated rings. The Hall–Kier alpha value is -2.00. The van der Waals surface area contributed by atoms with E-state index in [1.54, 1.807) is 12.1 Å². The van der Waals surface area contributed by atoms with Crippen LogP contribution in [0.15, 0.2) is 42.5 Å². The van der Waals surface area contributed by atoms with Crippen LogP contribution in [0, 0.1) is 6.92 Å². The molecule has 2 aromatic carbocycles. The Labute approximate surface area is 135 Å². The van der Waals surface area contributed by atoms with E-state index in [0.717, 1.165) is 29.2 Å². The number of carbonyl (C=O) groups excluding carboxylic acids is 1. The molecule has 4 heteroatoms. The molecular formula is C18H19ClO3. The van der Waals surface area contributed by atoms with Gasteiger partial charge in [0.15, 0.2) is 0 Å². The van der Waals surface area contributed by atoms with Crippen LogP contribution in [-0.4, -0.2) is 12.6 Å². The van der Waals surface area contributed by atoms with Crippen LogP contribution < -0.4 is 9.47 Å². The zero-order valence-electron chi connectivity index (χ0n) is 12.8. The second-order valence-corrected chi connectivity index (χ2v) is 5.54. The zero-order chi connectivity index (χ0) is 15.9. The molecule has 0 radical (unpaired) electrons. The number of esters is 1. The number of ether oxygens (including phenoxy) is 2. The van der Waals surface area contributed by atoms with Crippen molar-refractivity contribution >= 4 is 17.6 Å². The topological polar surface area (TPSA) is 35.5 Å². The van der Waals surface area contributed by atoms with Crippen molar-refractivity contribution in [3.8, 4) is 11.5 Å². The molecule has 0 amide bonds. The summed E-state index contributed by atoms with van der Waals surface area (Å²) in [6.07, 6.45) is 1.83. The highest BCUT2D eigenvalue weighted by atomic mass is 35.5. The molecule has 0 aromatic heterocycles. The van der Waals surface area contributed by atoms with E-state index in [2.05, 4.69) is 6.07 Å². The third-order valence-electron chi connectivity index (χ3n) is 3.16. The van der Waals surface area contributed by atoms with Crippen LogP contribution in [-0.2, 0) is 11.2 Å². The number of halogens is 1. The lowest BCUT2D eigenvalue weighted by atomic mass is 10.1. The van der Waals surface area contributed by atoms with E-state index in [1.165, 1.54) is 12.5 Å². The van der Waals surface area contributed by atoms with Crippen molar-refractivity contribution in [3.63, 3.8) is 0 Å². The Morgan fingerprint density at radius 1 is 1.18 bits per heavy atom. The predicted molar refractivity (Wildman–Crippen MR) is 87.8 cm³/mol. The lowest BCUT2D eigenvalue weighted by Gasteiger charge is -2.10. The minimum atomic E-state index is -0.324. The zero-order valence-corrected chi connectivity index (χ0v) is 13.5. The Morgan fingerprint density at radius 2 is 2.00 bits per heavy atom. The third kappa shape index (κ3) is 5.08. The van der Waals surface area contributed by atoms with Gasteiger partial charge in [0.25, 0.3) is 0 Å². The molecule has 0 N–H and O–H groups in total. The first kappa shape index (κ1) is 16.4. The van der Waals surface area contributed by atoms with Gasteiger partial charge in [-0.2, -0.15) is 0 Å². The lowest BCUT2D eigenvalue weighted by molar-refractivity contribution is -0.131. The summed E-state index contributed by atoms with van der Waals surface area (Å²) in [7, 11) is 0. The molecule has 0 saturated carbocycles. The van der Waals surface area contributed by atoms with Crippen molar-refractivity contribution in [3.05, 3.63) is 58.6 Å². The number of hydrogen-bond acceptors (Lipinski definition) is 3. The molecule has 0 saturated heterocycles. The fraction of sp³-hybridized carbons (Fsp3) is 0.278. The highest BCUT2D eigenvalue weighted by Gasteiger charge is 2.04. The molecule has 0 bridgehead atoms. The number of benzene rings is 2. The summed E-state index contributed by atoms with van der Waals surface area (Å²) < 4.78 is 10.8. The Balaban J connectivity index is 1.83. The van der Waals surface area contributed by atoms with Crippen LogP contribution in [0.5, 0.6) is 11.5 Å². The fourth-order valence-electron chi connectivity index (χ4n) is 2.16. The van der Waals surface area contributed by atoms with Gasteiger partial charge in [0.05, 0.1) is 6.61 Å². The van der Waals surface area contributed by atoms with Crippen molar-refractivity contribution in [2.75, 3.05) is 6.61 Å². The van der Waals surface area contributed by atoms with Gasteiger partial charge in [-0.25, -0.2) is 0 Å². The summed E-state index contributed by atoms with van der Waals surface area (Å²) >= 11 is 5.96. The smallest absolute Gasteiger partial charge is 0.308 e. The van der Waals surface area contributed by atoms with Gasteiger partial charge in [0.2, 0.25) is 0 Å². The molecule has 0 atom stereocenters. The van der Waals surface area contributed by atoms with Gasteiger partial charge < -0.3 is 9.47 Å². The normalized spacial score (nSPS) is 10.3. The minimum absolute atomic E-state index is 0.324. The van der Waals surface area contributed by atoms with Gasteiger partial charge in [-0.1, -0.05) is 23.7 Å². The molecule has 0 aliphatic carbocycles. The average molecular weight is 319 g/mol. The van der Waals surface area contributed by atoms with Crippen molar-refractivity contribution < 1.29 is 14.3 Å². The Bertz CT molecular complexity index is 653. The van der Waals surface area contributed by atoms with E-state index >= 15 is 0 Å². The van der Waals surface area contributed by atoms with Gasteiger partial charge in [0, 0.05) is 11.9 Å². The maximum absolute atomic E-state index is 10.9. The first-order valence-corrected chi connectivity index (χ1v) is 7.59. The van der Waals surface area contributed by atoms with Gasteiger partial charge >= 0.3 is 5.97 Å². The highest BCUT2D eigenvalue weighted by Crippen LogP contribution is 2.23. The van der Waals surface area contributed by atoms with Crippen LogP contribution >= 0.6 is 11.6 Å². The van der Waals surface area contributed by atoms with Crippen molar-refractivity contribution in [1.29, 1.82) is 0 Å². The molecule has 3 nitrogen and oxygen atoms in total. The molecule has 116 valence electrons. The average Bonchev–Trinajstić information content (AvgIpc) is 2.45. The van der Waals surface area contributed by atoms with Crippen molar-refractivity contribution in [1.82, 2.24) is 0 Å². The first-order chi connectivity index (χ1) is 10.5. The summed E-state index contributed by atoms with van der Waals surface area (Å²) in [4.78, 5) is 10.9. The number of carbonyl (C=O) groups is 1. The summed E-state index contributed by atoms with van der Waals surface area (Å²) in [6.45, 7) is 3.94. The predicted octanol–water partition coefficient (Wildman–Crippen LogP) is 4.59. The summed E-state index contributed by atoms with van der Waals surface area (Å²) in [5.74, 6) is 1.02. The van der Waals surface area contributed by atoms with Crippen LogP contribution in [0.25, 0.3) is 0 Å². The van der Waals surface area contributed by atoms with Crippen LogP contribution in [0.3, 0.4) is 0 Å². The van der Waals surface area contributed by atoms with Crippen molar-refractivity contribution in [2.45, 2.75) is 26.7 Å². The quantitative estimate of drug-likeness (QED) is 0.444. The lowest BCUT2D eigenvalue weighted by Crippen LogP contribution is -2.03. The number of rotatable bonds is 6. The van der Waals surface area contributed by atoms with E-state index in [-0.39, 0.29) is 5.97 Å². The Kier molecular flexibility index (Phi) is 5.84.